The number of carbonyl (C=O) groups excluding carboxylic acids is 4. The minimum Gasteiger partial charge on any atom is -0.693 e. The average molecular weight is 918 g/mol. The molecule has 0 aliphatic rings. The van der Waals surface area contributed by atoms with Crippen LogP contribution in [0.2, 0.25) is 0 Å². The van der Waals surface area contributed by atoms with Gasteiger partial charge in [-0.1, -0.05) is 25.7 Å². The van der Waals surface area contributed by atoms with Gasteiger partial charge in [-0.25, -0.2) is 0 Å². The number of unbranched alkanes of at least 4 members (excludes halogenated alkanes) is 3. The third-order valence-electron chi connectivity index (χ3n) is 1.59. The van der Waals surface area contributed by atoms with Crippen LogP contribution in [0.25, 0.3) is 23.8 Å². The molecule has 0 spiro atoms. The normalized spacial score (nSPS) is 7.06. The predicted molar refractivity (Wildman–Crippen MR) is 125 cm³/mol. The van der Waals surface area contributed by atoms with Crippen molar-refractivity contribution >= 4 is 70.3 Å². The Morgan fingerprint density at radius 1 is 0.500 bits per heavy atom. The molecule has 0 rings (SSSR count). The fourth-order valence-corrected chi connectivity index (χ4v) is 0.604. The molecule has 0 aromatic carbocycles. The number of nitrogens with one attached hydrogen (secondary N) is 2. The van der Waals surface area contributed by atoms with Crippen molar-refractivity contribution in [3.63, 3.8) is 0 Å². The zero-order valence-electron chi connectivity index (χ0n) is 17.0. The van der Waals surface area contributed by atoms with E-state index in [1.165, 1.54) is 0 Å². The third-order valence-corrected chi connectivity index (χ3v) is 2.56. The molecule has 0 amide bonds. The van der Waals surface area contributed by atoms with Crippen molar-refractivity contribution in [2.75, 3.05) is 36.6 Å². The molecule has 198 valence electrons. The van der Waals surface area contributed by atoms with E-state index in [4.69, 9.17) is 78.3 Å². The molecule has 0 atom stereocenters. The van der Waals surface area contributed by atoms with Gasteiger partial charge < -0.3 is 44.2 Å². The molecule has 0 unspecified atom stereocenters. The standard InChI is InChI=1S/C6H14N2.4C2H3ClO2.2H2N.2Pt/c7-5-3-1-2-4-6-8;4*3-1-2(4)5;;;;/h7-8H,1-6H2;4*1H2,(H,4,5);2*1H2;;/q-2;;;;;2*-1;2*+4/p+4. The van der Waals surface area contributed by atoms with Gasteiger partial charge in [0.25, 0.3) is 0 Å². The van der Waals surface area contributed by atoms with Crippen molar-refractivity contribution in [2.45, 2.75) is 25.7 Å². The summed E-state index contributed by atoms with van der Waals surface area (Å²) in [5, 5.41) is 24.2. The van der Waals surface area contributed by atoms with E-state index in [1.54, 1.807) is 0 Å². The third kappa shape index (κ3) is 147. The second-order valence-corrected chi connectivity index (χ2v) is 5.21. The second kappa shape index (κ2) is 57.8. The van der Waals surface area contributed by atoms with Crippen LogP contribution in [0.5, 0.6) is 0 Å². The van der Waals surface area contributed by atoms with Crippen LogP contribution in [0.1, 0.15) is 25.7 Å². The molecule has 0 aromatic rings. The summed E-state index contributed by atoms with van der Waals surface area (Å²) < 4.78 is 0. The van der Waals surface area contributed by atoms with Crippen molar-refractivity contribution in [1.29, 1.82) is 0 Å². The molecule has 0 bridgehead atoms. The Kier molecular flexibility index (Phi) is 105. The Bertz CT molecular complexity index is 333. The predicted octanol–water partition coefficient (Wildman–Crippen LogP) is 1.99. The Balaban J connectivity index is -0.0000000291. The van der Waals surface area contributed by atoms with E-state index in [1.807, 2.05) is 0 Å². The number of carbonyl (C=O) groups is 4. The van der Waals surface area contributed by atoms with Crippen molar-refractivity contribution < 1.29 is 81.7 Å². The number of alkyl halides is 4. The van der Waals surface area contributed by atoms with Crippen molar-refractivity contribution in [3.05, 3.63) is 23.8 Å². The Labute approximate surface area is 236 Å². The molecular formula is C14H34Cl4N4O8Pt2+8. The summed E-state index contributed by atoms with van der Waals surface area (Å²) >= 11 is 19.2. The van der Waals surface area contributed by atoms with Crippen LogP contribution in [-0.4, -0.2) is 80.9 Å². The first kappa shape index (κ1) is 58.3. The number of halogens is 4. The summed E-state index contributed by atoms with van der Waals surface area (Å²) in [5.74, 6) is -3.70. The maximum atomic E-state index is 9.35. The van der Waals surface area contributed by atoms with Gasteiger partial charge in [0.1, 0.15) is 0 Å². The largest absolute Gasteiger partial charge is 4.00 e. The van der Waals surface area contributed by atoms with E-state index < -0.39 is 23.9 Å². The van der Waals surface area contributed by atoms with Crippen LogP contribution in [0.3, 0.4) is 0 Å². The van der Waals surface area contributed by atoms with Crippen LogP contribution in [0.15, 0.2) is 0 Å². The Morgan fingerprint density at radius 3 is 0.688 bits per heavy atom. The first-order valence-corrected chi connectivity index (χ1v) is 9.64. The smallest absolute Gasteiger partial charge is 0.693 e. The van der Waals surface area contributed by atoms with E-state index >= 15 is 0 Å². The van der Waals surface area contributed by atoms with E-state index in [9.17, 15) is 19.2 Å². The zero-order chi connectivity index (χ0) is 23.4. The molecule has 12 nitrogen and oxygen atoms in total. The van der Waals surface area contributed by atoms with Crippen LogP contribution in [0.4, 0.5) is 0 Å². The summed E-state index contributed by atoms with van der Waals surface area (Å²) in [4.78, 5) is 37.4. The maximum Gasteiger partial charge on any atom is 4.00 e. The molecule has 0 radical (unpaired) electrons. The molecule has 0 saturated heterocycles. The van der Waals surface area contributed by atoms with Gasteiger partial charge >= 0.3 is 66.0 Å². The first-order valence-electron chi connectivity index (χ1n) is 7.51. The molecule has 0 aliphatic carbocycles. The molecule has 0 aliphatic heterocycles. The maximum absolute atomic E-state index is 9.35. The van der Waals surface area contributed by atoms with Gasteiger partial charge in [0, 0.05) is 19.2 Å². The van der Waals surface area contributed by atoms with E-state index in [-0.39, 0.29) is 78.0 Å². The van der Waals surface area contributed by atoms with Gasteiger partial charge in [0.15, 0.2) is 23.5 Å². The molecule has 0 aromatic heterocycles. The summed E-state index contributed by atoms with van der Waals surface area (Å²) in [5.41, 5.74) is 13.6. The number of rotatable bonds is 9. The summed E-state index contributed by atoms with van der Waals surface area (Å²) in [7, 11) is 0. The second-order valence-electron chi connectivity index (χ2n) is 4.14. The van der Waals surface area contributed by atoms with Gasteiger partial charge in [-0.15, -0.1) is 46.4 Å². The molecule has 0 saturated carbocycles. The molecule has 14 N–H and O–H groups in total. The quantitative estimate of drug-likeness (QED) is 0.191. The molecule has 0 fully saturated rings. The fraction of sp³-hybridized carbons (Fsp3) is 0.714. The van der Waals surface area contributed by atoms with Crippen molar-refractivity contribution in [2.24, 2.45) is 0 Å². The summed E-state index contributed by atoms with van der Waals surface area (Å²) in [6, 6.07) is 0. The number of hydrogen-bond acceptors (Lipinski definition) is 4. The van der Waals surface area contributed by atoms with E-state index in [0.717, 1.165) is 25.7 Å². The van der Waals surface area contributed by atoms with Gasteiger partial charge in [0.05, 0.1) is 0 Å². The van der Waals surface area contributed by atoms with Crippen LogP contribution in [-0.2, 0) is 61.3 Å². The monoisotopic (exact) mass is 916 g/mol. The Hall–Kier alpha value is 0.257. The van der Waals surface area contributed by atoms with Gasteiger partial charge in [0.2, 0.25) is 0 Å². The molecule has 18 heteroatoms. The van der Waals surface area contributed by atoms with Gasteiger partial charge in [-0.05, 0) is 0 Å². The van der Waals surface area contributed by atoms with Crippen LogP contribution < -0.4 is 0 Å². The SMILES string of the molecule is O=C([OH2+])CCl.O=C([OH2+])CCl.O=C([OH2+])CCl.O=C([OH2+])CCl.[NH-]CCCCCC[NH-].[NH2-].[NH2-].[Pt+4].[Pt+4]. The van der Waals surface area contributed by atoms with Crippen LogP contribution in [0, 0.1) is 0 Å². The van der Waals surface area contributed by atoms with E-state index in [2.05, 4.69) is 0 Å². The van der Waals surface area contributed by atoms with Crippen LogP contribution >= 0.6 is 46.4 Å². The molecular weight excluding hydrogens is 884 g/mol. The Morgan fingerprint density at radius 2 is 0.625 bits per heavy atom. The van der Waals surface area contributed by atoms with Crippen molar-refractivity contribution in [1.82, 2.24) is 0 Å². The fourth-order valence-electron chi connectivity index (χ4n) is 0.604. The summed E-state index contributed by atoms with van der Waals surface area (Å²) in [6.45, 7) is 1.11. The minimum atomic E-state index is -0.730. The van der Waals surface area contributed by atoms with Gasteiger partial charge in [-0.2, -0.15) is 13.1 Å². The van der Waals surface area contributed by atoms with E-state index in [0.29, 0.717) is 13.1 Å². The minimum absolute atomic E-state index is 0. The molecule has 0 heterocycles. The molecule has 32 heavy (non-hydrogen) atoms. The van der Waals surface area contributed by atoms with Gasteiger partial charge in [-0.3, -0.25) is 0 Å². The summed E-state index contributed by atoms with van der Waals surface area (Å²) in [6.07, 6.45) is 4.31. The number of hydrogen-bond donors (Lipinski definition) is 0. The topological polar surface area (TPSA) is 274 Å². The zero-order valence-corrected chi connectivity index (χ0v) is 24.6. The van der Waals surface area contributed by atoms with Crippen molar-refractivity contribution in [3.8, 4) is 0 Å². The number of nitrogens with two attached hydrogens (primary N) is 2. The first-order chi connectivity index (χ1) is 13.0. The average Bonchev–Trinajstić information content (AvgIpc) is 2.67.